The first-order valence-electron chi connectivity index (χ1n) is 4.76. The first-order chi connectivity index (χ1) is 8.06. The summed E-state index contributed by atoms with van der Waals surface area (Å²) in [4.78, 5) is 11.9. The van der Waals surface area contributed by atoms with E-state index in [1.807, 2.05) is 0 Å². The topological polar surface area (TPSA) is 55.1 Å². The predicted molar refractivity (Wildman–Crippen MR) is 73.4 cm³/mol. The van der Waals surface area contributed by atoms with Gasteiger partial charge in [-0.2, -0.15) is 0 Å². The number of nitrogens with one attached hydrogen (secondary N) is 1. The van der Waals surface area contributed by atoms with Crippen molar-refractivity contribution in [2.45, 2.75) is 6.92 Å². The molecule has 0 saturated carbocycles. The second kappa shape index (κ2) is 5.05. The Hall–Kier alpha value is -1.08. The SMILES string of the molecule is Cc1cc(NC(=O)c2cc(Cl)ccc2I)on1. The molecule has 0 fully saturated rings. The first-order valence-corrected chi connectivity index (χ1v) is 6.21. The van der Waals surface area contributed by atoms with E-state index in [1.54, 1.807) is 31.2 Å². The molecule has 6 heteroatoms. The molecule has 0 aliphatic carbocycles. The molecular formula is C11H8ClIN2O2. The number of benzene rings is 1. The molecule has 2 rings (SSSR count). The van der Waals surface area contributed by atoms with E-state index in [1.165, 1.54) is 0 Å². The van der Waals surface area contributed by atoms with Crippen LogP contribution in [0.15, 0.2) is 28.8 Å². The van der Waals surface area contributed by atoms with Gasteiger partial charge in [-0.1, -0.05) is 16.8 Å². The number of amides is 1. The molecule has 17 heavy (non-hydrogen) atoms. The molecule has 0 radical (unpaired) electrons. The zero-order valence-corrected chi connectivity index (χ0v) is 11.7. The fourth-order valence-corrected chi connectivity index (χ4v) is 2.03. The van der Waals surface area contributed by atoms with E-state index in [2.05, 4.69) is 33.1 Å². The lowest BCUT2D eigenvalue weighted by molar-refractivity contribution is 0.102. The molecule has 2 aromatic rings. The van der Waals surface area contributed by atoms with Gasteiger partial charge in [-0.05, 0) is 47.7 Å². The normalized spacial score (nSPS) is 10.3. The molecule has 0 aliphatic rings. The molecule has 0 aliphatic heterocycles. The number of carbonyl (C=O) groups is 1. The lowest BCUT2D eigenvalue weighted by Crippen LogP contribution is -2.12. The van der Waals surface area contributed by atoms with Crippen molar-refractivity contribution in [3.63, 3.8) is 0 Å². The maximum absolute atomic E-state index is 11.9. The van der Waals surface area contributed by atoms with Gasteiger partial charge in [-0.3, -0.25) is 10.1 Å². The highest BCUT2D eigenvalue weighted by atomic mass is 127. The van der Waals surface area contributed by atoms with Crippen molar-refractivity contribution in [1.29, 1.82) is 0 Å². The van der Waals surface area contributed by atoms with Crippen LogP contribution in [0.3, 0.4) is 0 Å². The Morgan fingerprint density at radius 1 is 1.47 bits per heavy atom. The quantitative estimate of drug-likeness (QED) is 0.832. The number of halogens is 2. The Kier molecular flexibility index (Phi) is 3.68. The van der Waals surface area contributed by atoms with Crippen molar-refractivity contribution in [3.8, 4) is 0 Å². The summed E-state index contributed by atoms with van der Waals surface area (Å²) in [5.74, 6) is 0.0522. The van der Waals surface area contributed by atoms with E-state index in [0.29, 0.717) is 22.2 Å². The maximum Gasteiger partial charge on any atom is 0.259 e. The maximum atomic E-state index is 11.9. The van der Waals surface area contributed by atoms with Gasteiger partial charge in [0.05, 0.1) is 11.3 Å². The zero-order valence-electron chi connectivity index (χ0n) is 8.83. The largest absolute Gasteiger partial charge is 0.338 e. The highest BCUT2D eigenvalue weighted by Gasteiger charge is 2.12. The smallest absolute Gasteiger partial charge is 0.259 e. The molecule has 1 aromatic heterocycles. The summed E-state index contributed by atoms with van der Waals surface area (Å²) in [6.07, 6.45) is 0. The molecule has 0 saturated heterocycles. The van der Waals surface area contributed by atoms with Gasteiger partial charge in [0.25, 0.3) is 5.91 Å². The van der Waals surface area contributed by atoms with Crippen LogP contribution in [0, 0.1) is 10.5 Å². The van der Waals surface area contributed by atoms with Crippen molar-refractivity contribution in [1.82, 2.24) is 5.16 Å². The molecule has 88 valence electrons. The summed E-state index contributed by atoms with van der Waals surface area (Å²) in [5.41, 5.74) is 1.22. The van der Waals surface area contributed by atoms with Crippen LogP contribution in [0.5, 0.6) is 0 Å². The van der Waals surface area contributed by atoms with Crippen molar-refractivity contribution >= 4 is 46.0 Å². The number of aromatic nitrogens is 1. The van der Waals surface area contributed by atoms with Gasteiger partial charge in [-0.15, -0.1) is 0 Å². The van der Waals surface area contributed by atoms with E-state index in [9.17, 15) is 4.79 Å². The summed E-state index contributed by atoms with van der Waals surface area (Å²) >= 11 is 7.92. The van der Waals surface area contributed by atoms with Gasteiger partial charge in [-0.25, -0.2) is 0 Å². The third kappa shape index (κ3) is 2.98. The van der Waals surface area contributed by atoms with Crippen molar-refractivity contribution in [2.24, 2.45) is 0 Å². The lowest BCUT2D eigenvalue weighted by atomic mass is 10.2. The van der Waals surface area contributed by atoms with E-state index >= 15 is 0 Å². The number of hydrogen-bond acceptors (Lipinski definition) is 3. The fraction of sp³-hybridized carbons (Fsp3) is 0.0909. The van der Waals surface area contributed by atoms with Crippen molar-refractivity contribution < 1.29 is 9.32 Å². The lowest BCUT2D eigenvalue weighted by Gasteiger charge is -2.04. The second-order valence-corrected chi connectivity index (χ2v) is 5.01. The number of hydrogen-bond donors (Lipinski definition) is 1. The first kappa shape index (κ1) is 12.4. The van der Waals surface area contributed by atoms with Crippen LogP contribution >= 0.6 is 34.2 Å². The fourth-order valence-electron chi connectivity index (χ4n) is 1.27. The van der Waals surface area contributed by atoms with Crippen LogP contribution in [0.2, 0.25) is 5.02 Å². The third-order valence-corrected chi connectivity index (χ3v) is 3.21. The van der Waals surface area contributed by atoms with Crippen LogP contribution in [0.4, 0.5) is 5.88 Å². The van der Waals surface area contributed by atoms with Crippen molar-refractivity contribution in [3.05, 3.63) is 44.1 Å². The van der Waals surface area contributed by atoms with E-state index in [-0.39, 0.29) is 5.91 Å². The zero-order chi connectivity index (χ0) is 12.4. The minimum atomic E-state index is -0.270. The summed E-state index contributed by atoms with van der Waals surface area (Å²) in [5, 5.41) is 6.82. The van der Waals surface area contributed by atoms with E-state index in [0.717, 1.165) is 3.57 Å². The summed E-state index contributed by atoms with van der Waals surface area (Å²) in [7, 11) is 0. The van der Waals surface area contributed by atoms with Gasteiger partial charge in [0.2, 0.25) is 5.88 Å². The molecule has 0 bridgehead atoms. The van der Waals surface area contributed by atoms with E-state index in [4.69, 9.17) is 16.1 Å². The molecular weight excluding hydrogens is 354 g/mol. The Morgan fingerprint density at radius 3 is 2.88 bits per heavy atom. The molecule has 0 atom stereocenters. The van der Waals surface area contributed by atoms with Crippen LogP contribution < -0.4 is 5.32 Å². The molecule has 1 heterocycles. The molecule has 1 amide bonds. The molecule has 0 spiro atoms. The Bertz CT molecular complexity index is 568. The summed E-state index contributed by atoms with van der Waals surface area (Å²) in [6.45, 7) is 1.78. The monoisotopic (exact) mass is 362 g/mol. The van der Waals surface area contributed by atoms with Crippen molar-refractivity contribution in [2.75, 3.05) is 5.32 Å². The summed E-state index contributed by atoms with van der Waals surface area (Å²) in [6, 6.07) is 6.78. The van der Waals surface area contributed by atoms with E-state index < -0.39 is 0 Å². The average molecular weight is 363 g/mol. The van der Waals surface area contributed by atoms with Gasteiger partial charge in [0.15, 0.2) is 0 Å². The molecule has 4 nitrogen and oxygen atoms in total. The number of nitrogens with zero attached hydrogens (tertiary/aromatic N) is 1. The number of anilines is 1. The van der Waals surface area contributed by atoms with Gasteiger partial charge >= 0.3 is 0 Å². The number of carbonyl (C=O) groups excluding carboxylic acids is 1. The Labute approximate surface area is 116 Å². The highest BCUT2D eigenvalue weighted by molar-refractivity contribution is 14.1. The summed E-state index contributed by atoms with van der Waals surface area (Å²) < 4.78 is 5.73. The number of rotatable bonds is 2. The number of aryl methyl sites for hydroxylation is 1. The predicted octanol–water partition coefficient (Wildman–Crippen LogP) is 3.49. The van der Waals surface area contributed by atoms with Gasteiger partial charge < -0.3 is 4.52 Å². The van der Waals surface area contributed by atoms with Crippen LogP contribution in [-0.2, 0) is 0 Å². The van der Waals surface area contributed by atoms with Gasteiger partial charge in [0.1, 0.15) is 0 Å². The minimum Gasteiger partial charge on any atom is -0.338 e. The second-order valence-electron chi connectivity index (χ2n) is 3.41. The standard InChI is InChI=1S/C11H8ClIN2O2/c1-6-4-10(17-15-6)14-11(16)8-5-7(12)2-3-9(8)13/h2-5H,1H3,(H,14,16). The Balaban J connectivity index is 2.22. The highest BCUT2D eigenvalue weighted by Crippen LogP contribution is 2.19. The molecule has 1 aromatic carbocycles. The van der Waals surface area contributed by atoms with Gasteiger partial charge in [0, 0.05) is 14.7 Å². The van der Waals surface area contributed by atoms with Crippen LogP contribution in [0.25, 0.3) is 0 Å². The molecule has 1 N–H and O–H groups in total. The minimum absolute atomic E-state index is 0.270. The molecule has 0 unspecified atom stereocenters. The third-order valence-electron chi connectivity index (χ3n) is 2.04. The van der Waals surface area contributed by atoms with Crippen LogP contribution in [0.1, 0.15) is 16.1 Å². The Morgan fingerprint density at radius 2 is 2.24 bits per heavy atom. The van der Waals surface area contributed by atoms with Crippen LogP contribution in [-0.4, -0.2) is 11.1 Å². The average Bonchev–Trinajstić information content (AvgIpc) is 2.67.